The molecule has 0 aliphatic carbocycles. The molecule has 0 spiro atoms. The normalized spacial score (nSPS) is 10.9. The molecule has 2 heterocycles. The number of anilines is 1. The Kier molecular flexibility index (Phi) is 6.93. The van der Waals surface area contributed by atoms with Gasteiger partial charge in [-0.25, -0.2) is 9.37 Å². The molecule has 0 radical (unpaired) electrons. The van der Waals surface area contributed by atoms with E-state index in [1.54, 1.807) is 26.4 Å². The van der Waals surface area contributed by atoms with E-state index in [-0.39, 0.29) is 29.7 Å². The molecule has 0 saturated carbocycles. The monoisotopic (exact) mass is 467 g/mol. The van der Waals surface area contributed by atoms with E-state index in [0.29, 0.717) is 24.3 Å². The highest BCUT2D eigenvalue weighted by atomic mass is 19.2. The van der Waals surface area contributed by atoms with E-state index in [4.69, 9.17) is 15.2 Å². The average molecular weight is 467 g/mol. The van der Waals surface area contributed by atoms with Crippen LogP contribution in [0.2, 0.25) is 0 Å². The Morgan fingerprint density at radius 2 is 1.94 bits per heavy atom. The predicted octanol–water partition coefficient (Wildman–Crippen LogP) is 3.25. The zero-order valence-corrected chi connectivity index (χ0v) is 18.6. The van der Waals surface area contributed by atoms with Crippen molar-refractivity contribution >= 4 is 5.82 Å². The zero-order chi connectivity index (χ0) is 24.1. The van der Waals surface area contributed by atoms with Crippen molar-refractivity contribution in [3.05, 3.63) is 60.3 Å². The summed E-state index contributed by atoms with van der Waals surface area (Å²) in [4.78, 5) is 4.24. The van der Waals surface area contributed by atoms with E-state index in [9.17, 15) is 8.78 Å². The maximum atomic E-state index is 15.0. The lowest BCUT2D eigenvalue weighted by atomic mass is 10.0. The predicted molar refractivity (Wildman–Crippen MR) is 123 cm³/mol. The molecule has 2 aromatic heterocycles. The van der Waals surface area contributed by atoms with Crippen LogP contribution >= 0.6 is 0 Å². The number of nitrogens with one attached hydrogen (secondary N) is 1. The van der Waals surface area contributed by atoms with Crippen molar-refractivity contribution in [3.63, 3.8) is 0 Å². The summed E-state index contributed by atoms with van der Waals surface area (Å²) in [5.74, 6) is -1.54. The fourth-order valence-electron chi connectivity index (χ4n) is 3.36. The summed E-state index contributed by atoms with van der Waals surface area (Å²) in [5, 5.41) is 14.4. The molecule has 0 bridgehead atoms. The van der Waals surface area contributed by atoms with E-state index in [0.717, 1.165) is 15.8 Å². The fraction of sp³-hybridized carbons (Fsp3) is 0.217. The molecule has 2 aromatic carbocycles. The van der Waals surface area contributed by atoms with E-state index < -0.39 is 11.6 Å². The maximum Gasteiger partial charge on any atom is 0.202 e. The molecular weight excluding hydrogens is 444 g/mol. The largest absolute Gasteiger partial charge is 0.497 e. The van der Waals surface area contributed by atoms with Crippen LogP contribution in [0.25, 0.3) is 28.2 Å². The lowest BCUT2D eigenvalue weighted by Gasteiger charge is -2.12. The smallest absolute Gasteiger partial charge is 0.202 e. The topological polar surface area (TPSA) is 113 Å². The molecule has 9 nitrogen and oxygen atoms in total. The van der Waals surface area contributed by atoms with Crippen molar-refractivity contribution in [2.75, 3.05) is 33.0 Å². The number of nitrogens with two attached hydrogens (primary N) is 1. The molecule has 0 aliphatic heterocycles. The Bertz CT molecular complexity index is 1300. The molecule has 4 rings (SSSR count). The van der Waals surface area contributed by atoms with Crippen molar-refractivity contribution in [1.29, 1.82) is 0 Å². The molecule has 4 aromatic rings. The summed E-state index contributed by atoms with van der Waals surface area (Å²) < 4.78 is 41.4. The SMILES string of the molecule is CNCCCOc1ccc(-n2nnnc2-c2cc(-c3cccc(OC)c3)cnc2N)c(F)c1F. The highest BCUT2D eigenvalue weighted by Crippen LogP contribution is 2.32. The third-order valence-electron chi connectivity index (χ3n) is 5.12. The van der Waals surface area contributed by atoms with Gasteiger partial charge in [0.2, 0.25) is 5.82 Å². The number of aromatic nitrogens is 5. The number of methoxy groups -OCH3 is 1. The van der Waals surface area contributed by atoms with Crippen molar-refractivity contribution in [3.8, 4) is 39.7 Å². The second-order valence-electron chi connectivity index (χ2n) is 7.32. The lowest BCUT2D eigenvalue weighted by molar-refractivity contribution is 0.289. The van der Waals surface area contributed by atoms with Crippen LogP contribution < -0.4 is 20.5 Å². The Labute approximate surface area is 194 Å². The van der Waals surface area contributed by atoms with E-state index in [1.165, 1.54) is 12.1 Å². The first-order valence-electron chi connectivity index (χ1n) is 10.5. The van der Waals surface area contributed by atoms with E-state index in [2.05, 4.69) is 25.8 Å². The van der Waals surface area contributed by atoms with Gasteiger partial charge < -0.3 is 20.5 Å². The van der Waals surface area contributed by atoms with Crippen LogP contribution in [0.1, 0.15) is 6.42 Å². The van der Waals surface area contributed by atoms with Gasteiger partial charge >= 0.3 is 0 Å². The number of nitrogen functional groups attached to an aromatic ring is 1. The highest BCUT2D eigenvalue weighted by Gasteiger charge is 2.22. The maximum absolute atomic E-state index is 15.0. The molecule has 0 aliphatic rings. The van der Waals surface area contributed by atoms with Gasteiger partial charge in [-0.1, -0.05) is 12.1 Å². The number of ether oxygens (including phenoxy) is 2. The third kappa shape index (κ3) is 4.64. The molecule has 0 atom stereocenters. The summed E-state index contributed by atoms with van der Waals surface area (Å²) in [7, 11) is 3.37. The molecule has 0 saturated heterocycles. The molecular formula is C23H23F2N7O2. The van der Waals surface area contributed by atoms with Crippen LogP contribution in [0, 0.1) is 11.6 Å². The number of rotatable bonds is 9. The van der Waals surface area contributed by atoms with Crippen LogP contribution in [0.15, 0.2) is 48.7 Å². The Morgan fingerprint density at radius 3 is 2.74 bits per heavy atom. The van der Waals surface area contributed by atoms with Gasteiger partial charge in [0.15, 0.2) is 17.4 Å². The van der Waals surface area contributed by atoms with Gasteiger partial charge in [0.05, 0.1) is 19.3 Å². The van der Waals surface area contributed by atoms with Crippen LogP contribution in [0.4, 0.5) is 14.6 Å². The average Bonchev–Trinajstić information content (AvgIpc) is 3.34. The minimum atomic E-state index is -1.14. The molecule has 34 heavy (non-hydrogen) atoms. The number of hydrogen-bond donors (Lipinski definition) is 2. The number of nitrogens with zero attached hydrogens (tertiary/aromatic N) is 5. The van der Waals surface area contributed by atoms with E-state index in [1.807, 2.05) is 24.3 Å². The van der Waals surface area contributed by atoms with Crippen molar-refractivity contribution < 1.29 is 18.3 Å². The van der Waals surface area contributed by atoms with Gasteiger partial charge in [-0.15, -0.1) is 5.10 Å². The Hall–Kier alpha value is -4.12. The van der Waals surface area contributed by atoms with Crippen LogP contribution in [0.5, 0.6) is 11.5 Å². The number of benzene rings is 2. The minimum absolute atomic E-state index is 0.107. The number of pyridine rings is 1. The van der Waals surface area contributed by atoms with Crippen molar-refractivity contribution in [2.45, 2.75) is 6.42 Å². The second kappa shape index (κ2) is 10.2. The molecule has 0 amide bonds. The summed E-state index contributed by atoms with van der Waals surface area (Å²) >= 11 is 0. The summed E-state index contributed by atoms with van der Waals surface area (Å²) in [6.45, 7) is 0.937. The van der Waals surface area contributed by atoms with Crippen molar-refractivity contribution in [2.24, 2.45) is 0 Å². The number of halogens is 2. The number of tetrazole rings is 1. The Morgan fingerprint density at radius 1 is 1.09 bits per heavy atom. The zero-order valence-electron chi connectivity index (χ0n) is 18.6. The van der Waals surface area contributed by atoms with Gasteiger partial charge in [0.1, 0.15) is 17.3 Å². The first-order chi connectivity index (χ1) is 16.5. The van der Waals surface area contributed by atoms with Gasteiger partial charge in [-0.05, 0) is 66.3 Å². The summed E-state index contributed by atoms with van der Waals surface area (Å²) in [6.07, 6.45) is 2.24. The molecule has 176 valence electrons. The van der Waals surface area contributed by atoms with Gasteiger partial charge in [-0.3, -0.25) is 0 Å². The van der Waals surface area contributed by atoms with E-state index >= 15 is 0 Å². The third-order valence-corrected chi connectivity index (χ3v) is 5.12. The van der Waals surface area contributed by atoms with Gasteiger partial charge in [0, 0.05) is 11.8 Å². The number of hydrogen-bond acceptors (Lipinski definition) is 8. The summed E-state index contributed by atoms with van der Waals surface area (Å²) in [5.41, 5.74) is 7.81. The highest BCUT2D eigenvalue weighted by molar-refractivity contribution is 5.77. The second-order valence-corrected chi connectivity index (χ2v) is 7.32. The van der Waals surface area contributed by atoms with Gasteiger partial charge in [-0.2, -0.15) is 9.07 Å². The first-order valence-corrected chi connectivity index (χ1v) is 10.5. The fourth-order valence-corrected chi connectivity index (χ4v) is 3.36. The van der Waals surface area contributed by atoms with Crippen LogP contribution in [0.3, 0.4) is 0 Å². The van der Waals surface area contributed by atoms with Gasteiger partial charge in [0.25, 0.3) is 0 Å². The van der Waals surface area contributed by atoms with Crippen LogP contribution in [-0.2, 0) is 0 Å². The Balaban J connectivity index is 1.70. The summed E-state index contributed by atoms with van der Waals surface area (Å²) in [6, 6.07) is 11.8. The molecule has 11 heteroatoms. The quantitative estimate of drug-likeness (QED) is 0.361. The minimum Gasteiger partial charge on any atom is -0.497 e. The molecule has 0 fully saturated rings. The molecule has 0 unspecified atom stereocenters. The standard InChI is InChI=1S/C23H23F2N7O2/c1-27-9-4-10-34-19-8-7-18(20(24)21(19)25)32-23(29-30-31-32)17-12-15(13-28-22(17)26)14-5-3-6-16(11-14)33-2/h3,5-8,11-13,27H,4,9-10H2,1-2H3,(H2,26,28). The van der Waals surface area contributed by atoms with Crippen molar-refractivity contribution in [1.82, 2.24) is 30.5 Å². The lowest BCUT2D eigenvalue weighted by Crippen LogP contribution is -2.12. The van der Waals surface area contributed by atoms with Crippen LogP contribution in [-0.4, -0.2) is 52.5 Å². The molecule has 3 N–H and O–H groups in total. The first kappa shape index (κ1) is 23.1.